The van der Waals surface area contributed by atoms with Crippen LogP contribution in [0.25, 0.3) is 17.4 Å². The Balaban J connectivity index is 1.76. The highest BCUT2D eigenvalue weighted by atomic mass is 35.5. The molecule has 2 aromatic rings. The number of carbonyl (C=O) groups excluding carboxylic acids is 1. The molecule has 0 spiro atoms. The van der Waals surface area contributed by atoms with Gasteiger partial charge in [-0.2, -0.15) is 5.26 Å². The number of hydrogen-bond acceptors (Lipinski definition) is 3. The molecule has 1 aromatic carbocycles. The summed E-state index contributed by atoms with van der Waals surface area (Å²) in [4.78, 5) is 12.2. The Kier molecular flexibility index (Phi) is 5.02. The quantitative estimate of drug-likeness (QED) is 0.655. The first-order valence-corrected chi connectivity index (χ1v) is 8.32. The summed E-state index contributed by atoms with van der Waals surface area (Å²) in [5.41, 5.74) is 0.893. The summed E-state index contributed by atoms with van der Waals surface area (Å²) in [5.74, 6) is 0.755. The first-order valence-electron chi connectivity index (χ1n) is 7.94. The van der Waals surface area contributed by atoms with Gasteiger partial charge in [0, 0.05) is 22.7 Å². The molecule has 0 saturated heterocycles. The third-order valence-corrected chi connectivity index (χ3v) is 4.31. The summed E-state index contributed by atoms with van der Waals surface area (Å²) in [6, 6.07) is 13.0. The van der Waals surface area contributed by atoms with E-state index >= 15 is 0 Å². The second-order valence-electron chi connectivity index (χ2n) is 5.84. The first kappa shape index (κ1) is 16.4. The summed E-state index contributed by atoms with van der Waals surface area (Å²) >= 11 is 5.98. The monoisotopic (exact) mass is 340 g/mol. The Morgan fingerprint density at radius 2 is 2.08 bits per heavy atom. The average molecular weight is 341 g/mol. The SMILES string of the molecule is N#C/C(=C/c1ccc(-c2cccc(Cl)c2)o1)C(=O)NC1CCCC1. The van der Waals surface area contributed by atoms with Crippen LogP contribution in [0.3, 0.4) is 0 Å². The molecule has 1 saturated carbocycles. The fraction of sp³-hybridized carbons (Fsp3) is 0.263. The number of nitrogens with zero attached hydrogens (tertiary/aromatic N) is 1. The molecule has 1 heterocycles. The molecule has 0 unspecified atom stereocenters. The highest BCUT2D eigenvalue weighted by molar-refractivity contribution is 6.30. The van der Waals surface area contributed by atoms with Crippen LogP contribution in [0, 0.1) is 11.3 Å². The van der Waals surface area contributed by atoms with Crippen molar-refractivity contribution in [2.75, 3.05) is 0 Å². The van der Waals surface area contributed by atoms with E-state index < -0.39 is 0 Å². The summed E-state index contributed by atoms with van der Waals surface area (Å²) < 4.78 is 5.71. The van der Waals surface area contributed by atoms with Crippen LogP contribution >= 0.6 is 11.6 Å². The van der Waals surface area contributed by atoms with E-state index in [1.165, 1.54) is 6.08 Å². The van der Waals surface area contributed by atoms with Crippen molar-refractivity contribution in [3.8, 4) is 17.4 Å². The number of benzene rings is 1. The van der Waals surface area contributed by atoms with Gasteiger partial charge in [0.15, 0.2) is 0 Å². The van der Waals surface area contributed by atoms with Crippen LogP contribution in [0.15, 0.2) is 46.4 Å². The third-order valence-electron chi connectivity index (χ3n) is 4.08. The lowest BCUT2D eigenvalue weighted by molar-refractivity contribution is -0.117. The fourth-order valence-electron chi connectivity index (χ4n) is 2.85. The molecule has 5 heteroatoms. The van der Waals surface area contributed by atoms with Crippen molar-refractivity contribution in [1.82, 2.24) is 5.32 Å². The van der Waals surface area contributed by atoms with Crippen LogP contribution in [-0.2, 0) is 4.79 Å². The van der Waals surface area contributed by atoms with Gasteiger partial charge in [-0.1, -0.05) is 36.6 Å². The molecular formula is C19H17ClN2O2. The van der Waals surface area contributed by atoms with Gasteiger partial charge in [-0.25, -0.2) is 0 Å². The fourth-order valence-corrected chi connectivity index (χ4v) is 3.04. The van der Waals surface area contributed by atoms with E-state index in [2.05, 4.69) is 5.32 Å². The Morgan fingerprint density at radius 3 is 2.79 bits per heavy atom. The van der Waals surface area contributed by atoms with E-state index in [9.17, 15) is 10.1 Å². The first-order chi connectivity index (χ1) is 11.7. The number of rotatable bonds is 4. The molecule has 1 aromatic heterocycles. The lowest BCUT2D eigenvalue weighted by atomic mass is 10.2. The van der Waals surface area contributed by atoms with Crippen molar-refractivity contribution in [2.24, 2.45) is 0 Å². The van der Waals surface area contributed by atoms with Crippen molar-refractivity contribution < 1.29 is 9.21 Å². The molecule has 1 amide bonds. The van der Waals surface area contributed by atoms with Gasteiger partial charge in [-0.05, 0) is 37.1 Å². The Bertz CT molecular complexity index is 811. The standard InChI is InChI=1S/C19H17ClN2O2/c20-15-5-3-4-13(10-15)18-9-8-17(24-18)11-14(12-21)19(23)22-16-6-1-2-7-16/h3-5,8-11,16H,1-2,6-7H2,(H,22,23)/b14-11-. The summed E-state index contributed by atoms with van der Waals surface area (Å²) in [5, 5.41) is 12.8. The second kappa shape index (κ2) is 7.37. The predicted molar refractivity (Wildman–Crippen MR) is 93.1 cm³/mol. The molecule has 1 fully saturated rings. The number of halogens is 1. The van der Waals surface area contributed by atoms with Crippen LogP contribution in [-0.4, -0.2) is 11.9 Å². The number of carbonyl (C=O) groups is 1. The third kappa shape index (κ3) is 3.87. The van der Waals surface area contributed by atoms with Gasteiger partial charge < -0.3 is 9.73 Å². The van der Waals surface area contributed by atoms with E-state index in [-0.39, 0.29) is 17.5 Å². The largest absolute Gasteiger partial charge is 0.457 e. The Hall–Kier alpha value is -2.51. The van der Waals surface area contributed by atoms with Crippen molar-refractivity contribution in [3.63, 3.8) is 0 Å². The Morgan fingerprint density at radius 1 is 1.29 bits per heavy atom. The van der Waals surface area contributed by atoms with Gasteiger partial charge in [-0.15, -0.1) is 0 Å². The number of nitrogens with one attached hydrogen (secondary N) is 1. The molecule has 0 radical (unpaired) electrons. The molecule has 1 aliphatic rings. The summed E-state index contributed by atoms with van der Waals surface area (Å²) in [7, 11) is 0. The maximum Gasteiger partial charge on any atom is 0.262 e. The predicted octanol–water partition coefficient (Wildman–Crippen LogP) is 4.57. The van der Waals surface area contributed by atoms with Crippen molar-refractivity contribution in [2.45, 2.75) is 31.7 Å². The van der Waals surface area contributed by atoms with E-state index in [0.29, 0.717) is 16.5 Å². The molecule has 0 bridgehead atoms. The van der Waals surface area contributed by atoms with E-state index in [4.69, 9.17) is 16.0 Å². The minimum atomic E-state index is -0.342. The smallest absolute Gasteiger partial charge is 0.262 e. The van der Waals surface area contributed by atoms with Crippen molar-refractivity contribution in [1.29, 1.82) is 5.26 Å². The molecule has 4 nitrogen and oxygen atoms in total. The normalized spacial score (nSPS) is 15.2. The molecule has 0 atom stereocenters. The van der Waals surface area contributed by atoms with Gasteiger partial charge in [0.25, 0.3) is 5.91 Å². The maximum absolute atomic E-state index is 12.2. The van der Waals surface area contributed by atoms with Crippen molar-refractivity contribution in [3.05, 3.63) is 52.8 Å². The second-order valence-corrected chi connectivity index (χ2v) is 6.27. The zero-order valence-corrected chi connectivity index (χ0v) is 13.8. The van der Waals surface area contributed by atoms with Crippen LogP contribution < -0.4 is 5.32 Å². The number of nitriles is 1. The van der Waals surface area contributed by atoms with E-state index in [1.54, 1.807) is 24.3 Å². The molecular weight excluding hydrogens is 324 g/mol. The molecule has 24 heavy (non-hydrogen) atoms. The van der Waals surface area contributed by atoms with Gasteiger partial charge in [0.05, 0.1) is 0 Å². The Labute approximate surface area is 145 Å². The van der Waals surface area contributed by atoms with Gasteiger partial charge in [0.2, 0.25) is 0 Å². The lowest BCUT2D eigenvalue weighted by Crippen LogP contribution is -2.33. The topological polar surface area (TPSA) is 66.0 Å². The molecule has 1 aliphatic carbocycles. The van der Waals surface area contributed by atoms with Crippen LogP contribution in [0.2, 0.25) is 5.02 Å². The van der Waals surface area contributed by atoms with E-state index in [1.807, 2.05) is 18.2 Å². The van der Waals surface area contributed by atoms with Crippen LogP contribution in [0.1, 0.15) is 31.4 Å². The summed E-state index contributed by atoms with van der Waals surface area (Å²) in [6.45, 7) is 0. The zero-order valence-electron chi connectivity index (χ0n) is 13.1. The summed E-state index contributed by atoms with van der Waals surface area (Å²) in [6.07, 6.45) is 5.67. The average Bonchev–Trinajstić information content (AvgIpc) is 3.24. The highest BCUT2D eigenvalue weighted by Crippen LogP contribution is 2.26. The van der Waals surface area contributed by atoms with Crippen molar-refractivity contribution >= 4 is 23.6 Å². The number of furan rings is 1. The molecule has 1 N–H and O–H groups in total. The van der Waals surface area contributed by atoms with Gasteiger partial charge >= 0.3 is 0 Å². The van der Waals surface area contributed by atoms with Crippen LogP contribution in [0.5, 0.6) is 0 Å². The highest BCUT2D eigenvalue weighted by Gasteiger charge is 2.19. The maximum atomic E-state index is 12.2. The molecule has 122 valence electrons. The van der Waals surface area contributed by atoms with E-state index in [0.717, 1.165) is 31.2 Å². The molecule has 0 aliphatic heterocycles. The minimum Gasteiger partial charge on any atom is -0.457 e. The zero-order chi connectivity index (χ0) is 16.9. The van der Waals surface area contributed by atoms with Crippen LogP contribution in [0.4, 0.5) is 0 Å². The van der Waals surface area contributed by atoms with Gasteiger partial charge in [0.1, 0.15) is 23.2 Å². The lowest BCUT2D eigenvalue weighted by Gasteiger charge is -2.10. The number of amides is 1. The number of hydrogen-bond donors (Lipinski definition) is 1. The van der Waals surface area contributed by atoms with Gasteiger partial charge in [-0.3, -0.25) is 4.79 Å². The molecule has 3 rings (SSSR count). The minimum absolute atomic E-state index is 0.0499.